The first kappa shape index (κ1) is 19.9. The van der Waals surface area contributed by atoms with Crippen molar-refractivity contribution in [3.63, 3.8) is 0 Å². The second kappa shape index (κ2) is 9.91. The van der Waals surface area contributed by atoms with E-state index in [1.807, 2.05) is 30.3 Å². The molecule has 2 rings (SSSR count). The van der Waals surface area contributed by atoms with Gasteiger partial charge in [0.05, 0.1) is 5.56 Å². The van der Waals surface area contributed by atoms with Crippen LogP contribution in [0.5, 0.6) is 0 Å². The van der Waals surface area contributed by atoms with Crippen molar-refractivity contribution in [2.75, 3.05) is 0 Å². The monoisotopic (exact) mass is 370 g/mol. The molecule has 0 unspecified atom stereocenters. The summed E-state index contributed by atoms with van der Waals surface area (Å²) in [4.78, 5) is 40.1. The Hall–Kier alpha value is -3.42. The lowest BCUT2D eigenvalue weighted by Gasteiger charge is -2.21. The zero-order valence-electron chi connectivity index (χ0n) is 15.1. The maximum atomic E-state index is 12.3. The van der Waals surface area contributed by atoms with E-state index in [9.17, 15) is 14.4 Å². The molecular formula is C19H22N4O4. The lowest BCUT2D eigenvalue weighted by molar-refractivity contribution is -0.124. The number of ether oxygens (including phenoxy) is 1. The van der Waals surface area contributed by atoms with E-state index in [2.05, 4.69) is 21.2 Å². The normalized spacial score (nSPS) is 11.4. The average Bonchev–Trinajstić information content (AvgIpc) is 2.69. The smallest absolute Gasteiger partial charge is 0.408 e. The van der Waals surface area contributed by atoms with Gasteiger partial charge in [0.1, 0.15) is 12.6 Å². The van der Waals surface area contributed by atoms with Gasteiger partial charge in [-0.2, -0.15) is 0 Å². The van der Waals surface area contributed by atoms with E-state index in [-0.39, 0.29) is 12.5 Å². The Morgan fingerprint density at radius 3 is 2.41 bits per heavy atom. The summed E-state index contributed by atoms with van der Waals surface area (Å²) >= 11 is 0. The van der Waals surface area contributed by atoms with Gasteiger partial charge in [0.2, 0.25) is 0 Å². The van der Waals surface area contributed by atoms with Crippen LogP contribution >= 0.6 is 0 Å². The summed E-state index contributed by atoms with van der Waals surface area (Å²) in [5.74, 6) is -1.28. The van der Waals surface area contributed by atoms with Crippen molar-refractivity contribution in [1.29, 1.82) is 0 Å². The van der Waals surface area contributed by atoms with Gasteiger partial charge in [-0.3, -0.25) is 25.4 Å². The summed E-state index contributed by atoms with van der Waals surface area (Å²) in [5, 5.41) is 2.51. The van der Waals surface area contributed by atoms with Crippen LogP contribution in [0, 0.1) is 5.92 Å². The highest BCUT2D eigenvalue weighted by Crippen LogP contribution is 2.04. The molecule has 1 aromatic carbocycles. The van der Waals surface area contributed by atoms with Crippen molar-refractivity contribution in [3.8, 4) is 0 Å². The Morgan fingerprint density at radius 1 is 1.04 bits per heavy atom. The third-order valence-electron chi connectivity index (χ3n) is 3.66. The first-order valence-electron chi connectivity index (χ1n) is 8.45. The lowest BCUT2D eigenvalue weighted by Crippen LogP contribution is -2.54. The van der Waals surface area contributed by atoms with Gasteiger partial charge in [-0.05, 0) is 23.6 Å². The zero-order chi connectivity index (χ0) is 19.6. The summed E-state index contributed by atoms with van der Waals surface area (Å²) in [6, 6.07) is 11.5. The number of carbonyl (C=O) groups is 3. The highest BCUT2D eigenvalue weighted by Gasteiger charge is 2.25. The SMILES string of the molecule is CC(C)[C@H](NC(=O)OCc1ccccc1)C(=O)NNC(=O)c1cccnc1. The van der Waals surface area contributed by atoms with Crippen molar-refractivity contribution >= 4 is 17.9 Å². The molecule has 1 atom stereocenters. The number of nitrogens with zero attached hydrogens (tertiary/aromatic N) is 1. The number of hydrogen-bond donors (Lipinski definition) is 3. The molecule has 0 saturated carbocycles. The van der Waals surface area contributed by atoms with E-state index in [0.717, 1.165) is 5.56 Å². The lowest BCUT2D eigenvalue weighted by atomic mass is 10.0. The minimum absolute atomic E-state index is 0.0941. The number of rotatable bonds is 6. The molecule has 3 N–H and O–H groups in total. The van der Waals surface area contributed by atoms with E-state index < -0.39 is 23.9 Å². The summed E-state index contributed by atoms with van der Waals surface area (Å²) in [5.41, 5.74) is 5.73. The van der Waals surface area contributed by atoms with E-state index in [0.29, 0.717) is 5.56 Å². The van der Waals surface area contributed by atoms with Crippen LogP contribution in [-0.4, -0.2) is 28.9 Å². The number of benzene rings is 1. The maximum Gasteiger partial charge on any atom is 0.408 e. The number of aromatic nitrogens is 1. The fourth-order valence-electron chi connectivity index (χ4n) is 2.19. The fraction of sp³-hybridized carbons (Fsp3) is 0.263. The van der Waals surface area contributed by atoms with Crippen LogP contribution in [0.1, 0.15) is 29.8 Å². The quantitative estimate of drug-likeness (QED) is 0.672. The standard InChI is InChI=1S/C19H22N4O4/c1-13(2)16(21-19(26)27-12-14-7-4-3-5-8-14)18(25)23-22-17(24)15-9-6-10-20-11-15/h3-11,13,16H,12H2,1-2H3,(H,21,26)(H,22,24)(H,23,25)/t16-/m0/s1. The number of pyridine rings is 1. The van der Waals surface area contributed by atoms with E-state index in [1.54, 1.807) is 26.0 Å². The summed E-state index contributed by atoms with van der Waals surface area (Å²) in [6.45, 7) is 3.63. The van der Waals surface area contributed by atoms with Crippen molar-refractivity contribution in [2.45, 2.75) is 26.5 Å². The number of nitrogens with one attached hydrogen (secondary N) is 3. The highest BCUT2D eigenvalue weighted by molar-refractivity contribution is 5.95. The molecule has 3 amide bonds. The Bertz CT molecular complexity index is 766. The predicted molar refractivity (Wildman–Crippen MR) is 98.2 cm³/mol. The minimum atomic E-state index is -0.873. The van der Waals surface area contributed by atoms with Crippen molar-refractivity contribution < 1.29 is 19.1 Å². The molecule has 27 heavy (non-hydrogen) atoms. The van der Waals surface area contributed by atoms with E-state index >= 15 is 0 Å². The number of carbonyl (C=O) groups excluding carboxylic acids is 3. The van der Waals surface area contributed by atoms with Crippen LogP contribution in [0.15, 0.2) is 54.9 Å². The molecule has 2 aromatic rings. The van der Waals surface area contributed by atoms with Gasteiger partial charge in [0.15, 0.2) is 0 Å². The van der Waals surface area contributed by atoms with Crippen LogP contribution in [-0.2, 0) is 16.1 Å². The Kier molecular flexibility index (Phi) is 7.30. The minimum Gasteiger partial charge on any atom is -0.445 e. The highest BCUT2D eigenvalue weighted by atomic mass is 16.5. The Balaban J connectivity index is 1.85. The number of alkyl carbamates (subject to hydrolysis) is 1. The van der Waals surface area contributed by atoms with Gasteiger partial charge >= 0.3 is 6.09 Å². The molecular weight excluding hydrogens is 348 g/mol. The average molecular weight is 370 g/mol. The topological polar surface area (TPSA) is 109 Å². The summed E-state index contributed by atoms with van der Waals surface area (Å²) < 4.78 is 5.13. The van der Waals surface area contributed by atoms with Gasteiger partial charge in [0.25, 0.3) is 11.8 Å². The van der Waals surface area contributed by atoms with Crippen molar-refractivity contribution in [1.82, 2.24) is 21.2 Å². The Morgan fingerprint density at radius 2 is 1.78 bits per heavy atom. The van der Waals surface area contributed by atoms with Gasteiger partial charge in [-0.15, -0.1) is 0 Å². The van der Waals surface area contributed by atoms with Crippen molar-refractivity contribution in [3.05, 3.63) is 66.0 Å². The Labute approximate surface area is 157 Å². The maximum absolute atomic E-state index is 12.3. The third-order valence-corrected chi connectivity index (χ3v) is 3.66. The first-order chi connectivity index (χ1) is 13.0. The molecule has 0 bridgehead atoms. The molecule has 0 aliphatic carbocycles. The van der Waals surface area contributed by atoms with E-state index in [4.69, 9.17) is 4.74 Å². The van der Waals surface area contributed by atoms with Crippen LogP contribution in [0.3, 0.4) is 0 Å². The van der Waals surface area contributed by atoms with Gasteiger partial charge in [-0.25, -0.2) is 4.79 Å². The van der Waals surface area contributed by atoms with Gasteiger partial charge < -0.3 is 10.1 Å². The number of hydrogen-bond acceptors (Lipinski definition) is 5. The van der Waals surface area contributed by atoms with E-state index in [1.165, 1.54) is 12.4 Å². The number of amides is 3. The fourth-order valence-corrected chi connectivity index (χ4v) is 2.19. The van der Waals surface area contributed by atoms with Crippen LogP contribution in [0.2, 0.25) is 0 Å². The second-order valence-corrected chi connectivity index (χ2v) is 6.11. The third kappa shape index (κ3) is 6.43. The second-order valence-electron chi connectivity index (χ2n) is 6.11. The molecule has 1 heterocycles. The van der Waals surface area contributed by atoms with Crippen LogP contribution in [0.25, 0.3) is 0 Å². The van der Waals surface area contributed by atoms with Crippen LogP contribution in [0.4, 0.5) is 4.79 Å². The zero-order valence-corrected chi connectivity index (χ0v) is 15.1. The molecule has 0 fully saturated rings. The van der Waals surface area contributed by atoms with Crippen LogP contribution < -0.4 is 16.2 Å². The first-order valence-corrected chi connectivity index (χ1v) is 8.45. The van der Waals surface area contributed by atoms with Crippen molar-refractivity contribution in [2.24, 2.45) is 5.92 Å². The molecule has 8 heteroatoms. The molecule has 8 nitrogen and oxygen atoms in total. The molecule has 0 spiro atoms. The molecule has 1 aromatic heterocycles. The molecule has 142 valence electrons. The molecule has 0 radical (unpaired) electrons. The summed E-state index contributed by atoms with van der Waals surface area (Å²) in [6.07, 6.45) is 2.20. The van der Waals surface area contributed by atoms with Gasteiger partial charge in [-0.1, -0.05) is 44.2 Å². The summed E-state index contributed by atoms with van der Waals surface area (Å²) in [7, 11) is 0. The predicted octanol–water partition coefficient (Wildman–Crippen LogP) is 1.79. The van der Waals surface area contributed by atoms with Gasteiger partial charge in [0, 0.05) is 12.4 Å². The number of hydrazine groups is 1. The molecule has 0 saturated heterocycles. The molecule has 0 aliphatic rings. The molecule has 0 aliphatic heterocycles. The largest absolute Gasteiger partial charge is 0.445 e.